The van der Waals surface area contributed by atoms with Crippen LogP contribution in [0.2, 0.25) is 5.02 Å². The highest BCUT2D eigenvalue weighted by atomic mass is 35.5. The van der Waals surface area contributed by atoms with Gasteiger partial charge in [0.05, 0.1) is 29.9 Å². The Labute approximate surface area is 163 Å². The monoisotopic (exact) mass is 405 g/mol. The lowest BCUT2D eigenvalue weighted by atomic mass is 10.2. The topological polar surface area (TPSA) is 83.4 Å². The summed E-state index contributed by atoms with van der Waals surface area (Å²) in [6.07, 6.45) is 1.36. The highest BCUT2D eigenvalue weighted by molar-refractivity contribution is 6.31. The molecule has 28 heavy (non-hydrogen) atoms. The van der Waals surface area contributed by atoms with Gasteiger partial charge in [-0.2, -0.15) is 0 Å². The second-order valence-corrected chi connectivity index (χ2v) is 6.08. The van der Waals surface area contributed by atoms with Crippen molar-refractivity contribution < 1.29 is 22.8 Å². The molecule has 0 spiro atoms. The summed E-state index contributed by atoms with van der Waals surface area (Å²) < 4.78 is 31.8. The number of benzene rings is 2. The van der Waals surface area contributed by atoms with Gasteiger partial charge in [0.25, 0.3) is 5.91 Å². The van der Waals surface area contributed by atoms with Gasteiger partial charge in [0.1, 0.15) is 11.6 Å². The first-order chi connectivity index (χ1) is 13.4. The summed E-state index contributed by atoms with van der Waals surface area (Å²) in [5.41, 5.74) is 0.451. The van der Waals surface area contributed by atoms with Crippen LogP contribution >= 0.6 is 11.6 Å². The van der Waals surface area contributed by atoms with Crippen molar-refractivity contribution in [3.8, 4) is 0 Å². The van der Waals surface area contributed by atoms with E-state index in [2.05, 4.69) is 16.0 Å². The van der Waals surface area contributed by atoms with Gasteiger partial charge < -0.3 is 20.4 Å². The van der Waals surface area contributed by atoms with Crippen molar-refractivity contribution in [2.24, 2.45) is 0 Å². The largest absolute Gasteiger partial charge is 0.459 e. The average Bonchev–Trinajstić information content (AvgIpc) is 3.19. The van der Waals surface area contributed by atoms with Gasteiger partial charge >= 0.3 is 0 Å². The Bertz CT molecular complexity index is 1010. The number of hydrogen-bond donors (Lipinski definition) is 3. The molecule has 0 saturated heterocycles. The van der Waals surface area contributed by atoms with E-state index in [1.165, 1.54) is 18.4 Å². The number of amides is 2. The van der Waals surface area contributed by atoms with Crippen LogP contribution in [0.5, 0.6) is 0 Å². The molecule has 3 rings (SSSR count). The SMILES string of the molecule is O=C(CNc1ccc(Cl)cc1NC(=O)c1ccco1)Nc1cc(F)ccc1F. The van der Waals surface area contributed by atoms with Crippen LogP contribution in [0.1, 0.15) is 10.6 Å². The second kappa shape index (κ2) is 8.53. The van der Waals surface area contributed by atoms with Crippen LogP contribution in [-0.4, -0.2) is 18.4 Å². The molecule has 0 unspecified atom stereocenters. The molecule has 0 aliphatic carbocycles. The molecule has 0 radical (unpaired) electrons. The van der Waals surface area contributed by atoms with E-state index in [9.17, 15) is 18.4 Å². The van der Waals surface area contributed by atoms with Gasteiger partial charge in [-0.25, -0.2) is 8.78 Å². The Kier molecular flexibility index (Phi) is 5.90. The summed E-state index contributed by atoms with van der Waals surface area (Å²) in [6.45, 7) is -0.263. The smallest absolute Gasteiger partial charge is 0.291 e. The fourth-order valence-electron chi connectivity index (χ4n) is 2.33. The predicted molar refractivity (Wildman–Crippen MR) is 102 cm³/mol. The molecule has 3 aromatic rings. The van der Waals surface area contributed by atoms with Crippen LogP contribution in [0.15, 0.2) is 59.2 Å². The van der Waals surface area contributed by atoms with Crippen LogP contribution in [0.25, 0.3) is 0 Å². The number of halogens is 3. The van der Waals surface area contributed by atoms with Crippen LogP contribution in [0.3, 0.4) is 0 Å². The van der Waals surface area contributed by atoms with Gasteiger partial charge in [0.15, 0.2) is 5.76 Å². The van der Waals surface area contributed by atoms with Crippen LogP contribution in [0, 0.1) is 11.6 Å². The molecule has 0 aliphatic rings. The Morgan fingerprint density at radius 2 is 1.79 bits per heavy atom. The molecule has 0 saturated carbocycles. The Balaban J connectivity index is 1.67. The minimum absolute atomic E-state index is 0.102. The maximum Gasteiger partial charge on any atom is 0.291 e. The molecule has 9 heteroatoms. The lowest BCUT2D eigenvalue weighted by molar-refractivity contribution is -0.114. The van der Waals surface area contributed by atoms with E-state index in [0.717, 1.165) is 18.2 Å². The van der Waals surface area contributed by atoms with E-state index >= 15 is 0 Å². The first-order valence-corrected chi connectivity index (χ1v) is 8.43. The Hall–Kier alpha value is -3.39. The Morgan fingerprint density at radius 3 is 2.54 bits per heavy atom. The van der Waals surface area contributed by atoms with E-state index < -0.39 is 23.4 Å². The molecule has 3 N–H and O–H groups in total. The van der Waals surface area contributed by atoms with E-state index in [4.69, 9.17) is 16.0 Å². The van der Waals surface area contributed by atoms with Gasteiger partial charge in [0.2, 0.25) is 5.91 Å². The first kappa shape index (κ1) is 19.4. The number of furan rings is 1. The fraction of sp³-hybridized carbons (Fsp3) is 0.0526. The van der Waals surface area contributed by atoms with E-state index in [-0.39, 0.29) is 18.0 Å². The highest BCUT2D eigenvalue weighted by Crippen LogP contribution is 2.26. The summed E-state index contributed by atoms with van der Waals surface area (Å²) in [7, 11) is 0. The molecule has 6 nitrogen and oxygen atoms in total. The minimum Gasteiger partial charge on any atom is -0.459 e. The van der Waals surface area contributed by atoms with E-state index in [1.807, 2.05) is 0 Å². The van der Waals surface area contributed by atoms with Crippen molar-refractivity contribution in [3.05, 3.63) is 77.2 Å². The number of nitrogens with one attached hydrogen (secondary N) is 3. The quantitative estimate of drug-likeness (QED) is 0.563. The lowest BCUT2D eigenvalue weighted by Gasteiger charge is -2.13. The third kappa shape index (κ3) is 4.86. The third-order valence-corrected chi connectivity index (χ3v) is 3.85. The normalized spacial score (nSPS) is 10.4. The van der Waals surface area contributed by atoms with Gasteiger partial charge in [-0.05, 0) is 42.5 Å². The van der Waals surface area contributed by atoms with Crippen LogP contribution in [-0.2, 0) is 4.79 Å². The van der Waals surface area contributed by atoms with Crippen molar-refractivity contribution in [3.63, 3.8) is 0 Å². The zero-order valence-corrected chi connectivity index (χ0v) is 15.0. The van der Waals surface area contributed by atoms with Gasteiger partial charge in [0, 0.05) is 11.1 Å². The van der Waals surface area contributed by atoms with E-state index in [1.54, 1.807) is 18.2 Å². The number of carbonyl (C=O) groups excluding carboxylic acids is 2. The molecule has 144 valence electrons. The molecule has 1 aromatic heterocycles. The number of anilines is 3. The maximum absolute atomic E-state index is 13.6. The van der Waals surface area contributed by atoms with Crippen molar-refractivity contribution in [1.82, 2.24) is 0 Å². The Morgan fingerprint density at radius 1 is 0.964 bits per heavy atom. The molecule has 0 bridgehead atoms. The van der Waals surface area contributed by atoms with Gasteiger partial charge in [-0.3, -0.25) is 9.59 Å². The standard InChI is InChI=1S/C19H14ClF2N3O3/c20-11-3-6-14(16(8-11)25-19(27)17-2-1-7-28-17)23-10-18(26)24-15-9-12(21)4-5-13(15)22/h1-9,23H,10H2,(H,24,26)(H,25,27). The summed E-state index contributed by atoms with van der Waals surface area (Å²) >= 11 is 5.97. The summed E-state index contributed by atoms with van der Waals surface area (Å²) in [4.78, 5) is 24.2. The number of hydrogen-bond acceptors (Lipinski definition) is 4. The third-order valence-electron chi connectivity index (χ3n) is 3.62. The molecular formula is C19H14ClF2N3O3. The average molecular weight is 406 g/mol. The zero-order chi connectivity index (χ0) is 20.1. The summed E-state index contributed by atoms with van der Waals surface area (Å²) in [6, 6.07) is 10.4. The molecular weight excluding hydrogens is 392 g/mol. The molecule has 2 amide bonds. The first-order valence-electron chi connectivity index (χ1n) is 8.05. The minimum atomic E-state index is -0.757. The van der Waals surface area contributed by atoms with Crippen molar-refractivity contribution >= 4 is 40.5 Å². The molecule has 1 heterocycles. The maximum atomic E-state index is 13.6. The summed E-state index contributed by atoms with van der Waals surface area (Å²) in [5.74, 6) is -2.44. The fourth-order valence-corrected chi connectivity index (χ4v) is 2.50. The highest BCUT2D eigenvalue weighted by Gasteiger charge is 2.13. The lowest BCUT2D eigenvalue weighted by Crippen LogP contribution is -2.23. The van der Waals surface area contributed by atoms with Crippen molar-refractivity contribution in [2.45, 2.75) is 0 Å². The van der Waals surface area contributed by atoms with Crippen molar-refractivity contribution in [2.75, 3.05) is 22.5 Å². The van der Waals surface area contributed by atoms with Crippen LogP contribution in [0.4, 0.5) is 25.8 Å². The number of carbonyl (C=O) groups is 2. The van der Waals surface area contributed by atoms with Gasteiger partial charge in [-0.15, -0.1) is 0 Å². The molecule has 0 aliphatic heterocycles. The second-order valence-electron chi connectivity index (χ2n) is 5.65. The van der Waals surface area contributed by atoms with E-state index in [0.29, 0.717) is 16.4 Å². The predicted octanol–water partition coefficient (Wildman–Crippen LogP) is 4.51. The van der Waals surface area contributed by atoms with Crippen LogP contribution < -0.4 is 16.0 Å². The van der Waals surface area contributed by atoms with Crippen molar-refractivity contribution in [1.29, 1.82) is 0 Å². The molecule has 0 fully saturated rings. The molecule has 2 aromatic carbocycles. The zero-order valence-electron chi connectivity index (χ0n) is 14.3. The number of rotatable bonds is 6. The molecule has 0 atom stereocenters. The summed E-state index contributed by atoms with van der Waals surface area (Å²) in [5, 5.41) is 8.07. The van der Waals surface area contributed by atoms with Gasteiger partial charge in [-0.1, -0.05) is 11.6 Å².